The lowest BCUT2D eigenvalue weighted by atomic mass is 9.98. The SMILES string of the molecule is COCCC(=O)N1CCN(c2nc(C3CC3)c(-c3ccc(C(F)(F)F)cc3)cc2C#N)CC1C. The molecule has 0 spiro atoms. The van der Waals surface area contributed by atoms with E-state index in [4.69, 9.17) is 9.72 Å². The number of ether oxygens (including phenoxy) is 1. The number of carbonyl (C=O) groups excluding carboxylic acids is 1. The van der Waals surface area contributed by atoms with Gasteiger partial charge < -0.3 is 14.5 Å². The van der Waals surface area contributed by atoms with Crippen molar-refractivity contribution in [2.45, 2.75) is 44.3 Å². The molecule has 1 aliphatic heterocycles. The Morgan fingerprint density at radius 2 is 1.94 bits per heavy atom. The number of benzene rings is 1. The van der Waals surface area contributed by atoms with Crippen LogP contribution in [-0.2, 0) is 15.7 Å². The van der Waals surface area contributed by atoms with E-state index in [0.717, 1.165) is 30.7 Å². The van der Waals surface area contributed by atoms with E-state index in [1.807, 2.05) is 16.7 Å². The maximum absolute atomic E-state index is 13.0. The van der Waals surface area contributed by atoms with E-state index < -0.39 is 11.7 Å². The molecule has 180 valence electrons. The molecule has 2 fully saturated rings. The van der Waals surface area contributed by atoms with Gasteiger partial charge in [0.25, 0.3) is 0 Å². The largest absolute Gasteiger partial charge is 0.416 e. The van der Waals surface area contributed by atoms with Crippen molar-refractivity contribution in [3.63, 3.8) is 0 Å². The molecule has 1 aliphatic carbocycles. The number of hydrogen-bond acceptors (Lipinski definition) is 5. The maximum atomic E-state index is 13.0. The van der Waals surface area contributed by atoms with Crippen molar-refractivity contribution < 1.29 is 22.7 Å². The Labute approximate surface area is 196 Å². The molecule has 6 nitrogen and oxygen atoms in total. The summed E-state index contributed by atoms with van der Waals surface area (Å²) in [6.07, 6.45) is -2.15. The molecule has 1 unspecified atom stereocenters. The first-order valence-electron chi connectivity index (χ1n) is 11.4. The van der Waals surface area contributed by atoms with Gasteiger partial charge in [0, 0.05) is 44.3 Å². The van der Waals surface area contributed by atoms with E-state index in [2.05, 4.69) is 6.07 Å². The first-order valence-corrected chi connectivity index (χ1v) is 11.4. The van der Waals surface area contributed by atoms with Crippen LogP contribution >= 0.6 is 0 Å². The zero-order valence-electron chi connectivity index (χ0n) is 19.2. The number of amides is 1. The molecule has 2 aliphatic rings. The third-order valence-corrected chi connectivity index (χ3v) is 6.41. The molecule has 1 aromatic carbocycles. The third kappa shape index (κ3) is 5.02. The van der Waals surface area contributed by atoms with Crippen LogP contribution in [0.25, 0.3) is 11.1 Å². The molecule has 1 saturated heterocycles. The summed E-state index contributed by atoms with van der Waals surface area (Å²) in [5.74, 6) is 0.854. The summed E-state index contributed by atoms with van der Waals surface area (Å²) >= 11 is 0. The Morgan fingerprint density at radius 1 is 1.24 bits per heavy atom. The number of alkyl halides is 3. The van der Waals surface area contributed by atoms with Gasteiger partial charge in [0.1, 0.15) is 11.9 Å². The number of nitriles is 1. The predicted octanol–water partition coefficient (Wildman–Crippen LogP) is 4.59. The van der Waals surface area contributed by atoms with Gasteiger partial charge in [0.15, 0.2) is 0 Å². The van der Waals surface area contributed by atoms with Gasteiger partial charge in [-0.25, -0.2) is 4.98 Å². The van der Waals surface area contributed by atoms with E-state index in [1.54, 1.807) is 13.2 Å². The molecule has 1 saturated carbocycles. The minimum atomic E-state index is -4.40. The second-order valence-electron chi connectivity index (χ2n) is 8.88. The zero-order chi connectivity index (χ0) is 24.5. The van der Waals surface area contributed by atoms with Crippen molar-refractivity contribution in [2.75, 3.05) is 38.3 Å². The van der Waals surface area contributed by atoms with E-state index >= 15 is 0 Å². The topological polar surface area (TPSA) is 69.5 Å². The maximum Gasteiger partial charge on any atom is 0.416 e. The summed E-state index contributed by atoms with van der Waals surface area (Å²) < 4.78 is 44.0. The van der Waals surface area contributed by atoms with Crippen molar-refractivity contribution in [3.05, 3.63) is 47.2 Å². The number of carbonyl (C=O) groups is 1. The second kappa shape index (κ2) is 9.63. The Hall–Kier alpha value is -3.12. The lowest BCUT2D eigenvalue weighted by molar-refractivity contribution is -0.137. The molecular formula is C25H27F3N4O2. The van der Waals surface area contributed by atoms with Crippen molar-refractivity contribution in [1.29, 1.82) is 5.26 Å². The fourth-order valence-electron chi connectivity index (χ4n) is 4.43. The minimum absolute atomic E-state index is 0.0405. The van der Waals surface area contributed by atoms with Crippen molar-refractivity contribution >= 4 is 11.7 Å². The average Bonchev–Trinajstić information content (AvgIpc) is 3.66. The fraction of sp³-hybridized carbons (Fsp3) is 0.480. The predicted molar refractivity (Wildman–Crippen MR) is 121 cm³/mol. The van der Waals surface area contributed by atoms with Gasteiger partial charge in [-0.1, -0.05) is 12.1 Å². The summed E-state index contributed by atoms with van der Waals surface area (Å²) in [5, 5.41) is 9.88. The average molecular weight is 473 g/mol. The van der Waals surface area contributed by atoms with Gasteiger partial charge in [-0.2, -0.15) is 18.4 Å². The molecule has 1 atom stereocenters. The molecule has 0 N–H and O–H groups in total. The van der Waals surface area contributed by atoms with Crippen LogP contribution in [0.2, 0.25) is 0 Å². The van der Waals surface area contributed by atoms with Gasteiger partial charge in [-0.05, 0) is 43.5 Å². The highest BCUT2D eigenvalue weighted by atomic mass is 19.4. The number of hydrogen-bond donors (Lipinski definition) is 0. The first kappa shape index (κ1) is 24.0. The second-order valence-corrected chi connectivity index (χ2v) is 8.88. The van der Waals surface area contributed by atoms with E-state index in [0.29, 0.717) is 55.2 Å². The summed E-state index contributed by atoms with van der Waals surface area (Å²) in [6.45, 7) is 3.97. The number of nitrogens with zero attached hydrogens (tertiary/aromatic N) is 4. The van der Waals surface area contributed by atoms with E-state index in [1.165, 1.54) is 12.1 Å². The number of methoxy groups -OCH3 is 1. The lowest BCUT2D eigenvalue weighted by Gasteiger charge is -2.41. The summed E-state index contributed by atoms with van der Waals surface area (Å²) in [6, 6.07) is 8.93. The third-order valence-electron chi connectivity index (χ3n) is 6.41. The van der Waals surface area contributed by atoms with Crippen LogP contribution < -0.4 is 4.90 Å². The normalized spacial score (nSPS) is 18.6. The van der Waals surface area contributed by atoms with Gasteiger partial charge in [0.05, 0.1) is 29.8 Å². The van der Waals surface area contributed by atoms with Gasteiger partial charge >= 0.3 is 6.18 Å². The Balaban J connectivity index is 1.62. The van der Waals surface area contributed by atoms with Crippen molar-refractivity contribution in [3.8, 4) is 17.2 Å². The highest BCUT2D eigenvalue weighted by Gasteiger charge is 2.34. The van der Waals surface area contributed by atoms with E-state index in [9.17, 15) is 23.2 Å². The van der Waals surface area contributed by atoms with Gasteiger partial charge in [-0.15, -0.1) is 0 Å². The first-order chi connectivity index (χ1) is 16.2. The number of rotatable bonds is 6. The Morgan fingerprint density at radius 3 is 2.50 bits per heavy atom. The molecule has 0 radical (unpaired) electrons. The molecule has 4 rings (SSSR count). The summed E-state index contributed by atoms with van der Waals surface area (Å²) in [7, 11) is 1.57. The van der Waals surface area contributed by atoms with Crippen LogP contribution in [0.4, 0.5) is 19.0 Å². The number of pyridine rings is 1. The molecule has 2 aromatic rings. The quantitative estimate of drug-likeness (QED) is 0.615. The Kier molecular flexibility index (Phi) is 6.80. The number of piperazine rings is 1. The molecular weight excluding hydrogens is 445 g/mol. The van der Waals surface area contributed by atoms with Gasteiger partial charge in [-0.3, -0.25) is 4.79 Å². The van der Waals surface area contributed by atoms with E-state index in [-0.39, 0.29) is 17.9 Å². The van der Waals surface area contributed by atoms with Gasteiger partial charge in [0.2, 0.25) is 5.91 Å². The molecule has 1 amide bonds. The fourth-order valence-corrected chi connectivity index (χ4v) is 4.43. The van der Waals surface area contributed by atoms with Crippen LogP contribution in [-0.4, -0.2) is 55.2 Å². The van der Waals surface area contributed by atoms with Crippen LogP contribution in [0.1, 0.15) is 48.9 Å². The van der Waals surface area contributed by atoms with Crippen LogP contribution in [0.3, 0.4) is 0 Å². The molecule has 9 heteroatoms. The van der Waals surface area contributed by atoms with Crippen LogP contribution in [0.5, 0.6) is 0 Å². The number of halogens is 3. The summed E-state index contributed by atoms with van der Waals surface area (Å²) in [5.41, 5.74) is 1.82. The van der Waals surface area contributed by atoms with Crippen LogP contribution in [0.15, 0.2) is 30.3 Å². The number of aromatic nitrogens is 1. The number of anilines is 1. The Bertz CT molecular complexity index is 1090. The molecule has 1 aromatic heterocycles. The molecule has 0 bridgehead atoms. The minimum Gasteiger partial charge on any atom is -0.384 e. The highest BCUT2D eigenvalue weighted by Crippen LogP contribution is 2.45. The standard InChI is InChI=1S/C25H27F3N4O2/c1-16-15-31(10-11-32(16)22(33)9-12-34-2)24-19(14-29)13-21(23(30-24)18-3-4-18)17-5-7-20(8-6-17)25(26,27)28/h5-8,13,16,18H,3-4,9-12,15H2,1-2H3. The highest BCUT2D eigenvalue weighted by molar-refractivity contribution is 5.77. The van der Waals surface area contributed by atoms with Crippen molar-refractivity contribution in [1.82, 2.24) is 9.88 Å². The van der Waals surface area contributed by atoms with Crippen molar-refractivity contribution in [2.24, 2.45) is 0 Å². The monoisotopic (exact) mass is 472 g/mol. The lowest BCUT2D eigenvalue weighted by Crippen LogP contribution is -2.54. The van der Waals surface area contributed by atoms with Crippen LogP contribution in [0, 0.1) is 11.3 Å². The molecule has 34 heavy (non-hydrogen) atoms. The smallest absolute Gasteiger partial charge is 0.384 e. The summed E-state index contributed by atoms with van der Waals surface area (Å²) in [4.78, 5) is 21.2. The zero-order valence-corrected chi connectivity index (χ0v) is 19.2. The molecule has 2 heterocycles.